The normalized spacial score (nSPS) is 11.0. The molecule has 0 aromatic heterocycles. The molecule has 4 aromatic rings. The average molecular weight is 506 g/mol. The summed E-state index contributed by atoms with van der Waals surface area (Å²) < 4.78 is 0. The predicted molar refractivity (Wildman–Crippen MR) is 127 cm³/mol. The molecule has 4 rings (SSSR count). The Balaban J connectivity index is 2.02. The molecule has 0 saturated heterocycles. The number of rotatable bonds is 4. The Morgan fingerprint density at radius 2 is 1.06 bits per heavy atom. The minimum absolute atomic E-state index is 0.000118. The lowest BCUT2D eigenvalue weighted by Crippen LogP contribution is -2.09. The van der Waals surface area contributed by atoms with E-state index in [9.17, 15) is 19.8 Å². The maximum Gasteiger partial charge on any atom is 0.202 e. The molecule has 0 spiro atoms. The third-order valence-corrected chi connectivity index (χ3v) is 6.06. The highest BCUT2D eigenvalue weighted by Crippen LogP contribution is 2.43. The van der Waals surface area contributed by atoms with E-state index < -0.39 is 28.6 Å². The molecular weight excluding hydrogens is 494 g/mol. The van der Waals surface area contributed by atoms with Gasteiger partial charge in [0.25, 0.3) is 0 Å². The van der Waals surface area contributed by atoms with Crippen molar-refractivity contribution in [2.24, 2.45) is 0 Å². The Hall–Kier alpha value is -2.76. The molecule has 0 radical (unpaired) electrons. The standard InChI is InChI=1S/C24H12Cl4O4/c25-11-5-7-15(17(27)9-11)22(30)19-13-3-1-2-4-14(13)21(29)20(24(19)32)23(31)16-8-6-12(26)10-18(16)28/h1-10,29,32H. The second kappa shape index (κ2) is 8.64. The number of carbonyl (C=O) groups excluding carboxylic acids is 2. The summed E-state index contributed by atoms with van der Waals surface area (Å²) in [5.41, 5.74) is -0.567. The molecule has 0 aliphatic heterocycles. The van der Waals surface area contributed by atoms with E-state index >= 15 is 0 Å². The summed E-state index contributed by atoms with van der Waals surface area (Å²) in [6.07, 6.45) is 0. The van der Waals surface area contributed by atoms with Crippen molar-refractivity contribution in [3.05, 3.63) is 103 Å². The van der Waals surface area contributed by atoms with Crippen LogP contribution in [0.4, 0.5) is 0 Å². The van der Waals surface area contributed by atoms with Gasteiger partial charge in [-0.2, -0.15) is 0 Å². The van der Waals surface area contributed by atoms with Crippen molar-refractivity contribution in [2.45, 2.75) is 0 Å². The SMILES string of the molecule is O=C(c1ccc(Cl)cc1Cl)c1c(O)c(C(=O)c2ccc(Cl)cc2Cl)c2ccccc2c1O. The number of phenolic OH excluding ortho intramolecular Hbond substituents is 2. The van der Waals surface area contributed by atoms with Crippen LogP contribution < -0.4 is 0 Å². The third-order valence-electron chi connectivity index (χ3n) is 4.97. The second-order valence-corrected chi connectivity index (χ2v) is 8.59. The summed E-state index contributed by atoms with van der Waals surface area (Å²) in [7, 11) is 0. The van der Waals surface area contributed by atoms with Crippen molar-refractivity contribution in [1.82, 2.24) is 0 Å². The van der Waals surface area contributed by atoms with E-state index in [1.807, 2.05) is 0 Å². The number of ketones is 2. The molecule has 4 aromatic carbocycles. The zero-order chi connectivity index (χ0) is 23.2. The molecule has 0 fully saturated rings. The first kappa shape index (κ1) is 22.4. The maximum atomic E-state index is 13.4. The largest absolute Gasteiger partial charge is 0.506 e. The Kier molecular flexibility index (Phi) is 6.06. The third kappa shape index (κ3) is 3.80. The van der Waals surface area contributed by atoms with Crippen LogP contribution in [0.2, 0.25) is 20.1 Å². The Morgan fingerprint density at radius 3 is 1.56 bits per heavy atom. The van der Waals surface area contributed by atoms with Gasteiger partial charge in [-0.1, -0.05) is 70.7 Å². The molecule has 0 aliphatic rings. The first-order valence-electron chi connectivity index (χ1n) is 9.16. The number of fused-ring (bicyclic) bond motifs is 1. The number of hydrogen-bond acceptors (Lipinski definition) is 4. The number of hydrogen-bond donors (Lipinski definition) is 2. The van der Waals surface area contributed by atoms with Gasteiger partial charge in [-0.05, 0) is 36.4 Å². The summed E-state index contributed by atoms with van der Waals surface area (Å²) >= 11 is 24.2. The van der Waals surface area contributed by atoms with E-state index in [1.54, 1.807) is 18.2 Å². The first-order chi connectivity index (χ1) is 15.2. The number of phenols is 2. The van der Waals surface area contributed by atoms with Crippen molar-refractivity contribution in [3.8, 4) is 11.5 Å². The fraction of sp³-hybridized carbons (Fsp3) is 0. The fourth-order valence-corrected chi connectivity index (χ4v) is 4.46. The Bertz CT molecular complexity index is 1430. The van der Waals surface area contributed by atoms with Crippen LogP contribution in [0.5, 0.6) is 11.5 Å². The molecule has 0 amide bonds. The molecular formula is C24H12Cl4O4. The van der Waals surface area contributed by atoms with E-state index in [0.717, 1.165) is 0 Å². The molecule has 32 heavy (non-hydrogen) atoms. The predicted octanol–water partition coefficient (Wildman–Crippen LogP) is 7.33. The highest BCUT2D eigenvalue weighted by atomic mass is 35.5. The minimum Gasteiger partial charge on any atom is -0.506 e. The molecule has 0 aliphatic carbocycles. The van der Waals surface area contributed by atoms with Gasteiger partial charge in [-0.15, -0.1) is 0 Å². The Morgan fingerprint density at radius 1 is 0.594 bits per heavy atom. The van der Waals surface area contributed by atoms with Crippen LogP contribution in [0, 0.1) is 0 Å². The van der Waals surface area contributed by atoms with Crippen LogP contribution in [-0.2, 0) is 0 Å². The summed E-state index contributed by atoms with van der Waals surface area (Å²) in [5, 5.41) is 23.2. The van der Waals surface area contributed by atoms with Crippen molar-refractivity contribution >= 4 is 68.7 Å². The number of aromatic hydroxyl groups is 2. The lowest BCUT2D eigenvalue weighted by Gasteiger charge is -2.16. The number of halogens is 4. The molecule has 0 unspecified atom stereocenters. The topological polar surface area (TPSA) is 74.6 Å². The molecule has 0 saturated carbocycles. The van der Waals surface area contributed by atoms with E-state index in [0.29, 0.717) is 10.0 Å². The fourth-order valence-electron chi connectivity index (χ4n) is 3.47. The minimum atomic E-state index is -0.774. The van der Waals surface area contributed by atoms with Gasteiger partial charge >= 0.3 is 0 Å². The van der Waals surface area contributed by atoms with Gasteiger partial charge in [-0.3, -0.25) is 9.59 Å². The second-order valence-electron chi connectivity index (χ2n) is 6.90. The van der Waals surface area contributed by atoms with Gasteiger partial charge in [0, 0.05) is 31.9 Å². The summed E-state index contributed by atoms with van der Waals surface area (Å²) in [6.45, 7) is 0. The average Bonchev–Trinajstić information content (AvgIpc) is 2.73. The van der Waals surface area contributed by atoms with Crippen LogP contribution in [0.25, 0.3) is 10.8 Å². The van der Waals surface area contributed by atoms with Crippen LogP contribution in [0.15, 0.2) is 60.7 Å². The van der Waals surface area contributed by atoms with Gasteiger partial charge in [0.15, 0.2) is 5.78 Å². The maximum absolute atomic E-state index is 13.4. The van der Waals surface area contributed by atoms with E-state index in [1.165, 1.54) is 42.5 Å². The van der Waals surface area contributed by atoms with Crippen LogP contribution in [0.3, 0.4) is 0 Å². The van der Waals surface area contributed by atoms with Gasteiger partial charge in [0.2, 0.25) is 5.78 Å². The summed E-state index contributed by atoms with van der Waals surface area (Å²) in [6, 6.07) is 14.9. The Labute approximate surface area is 202 Å². The van der Waals surface area contributed by atoms with Crippen LogP contribution >= 0.6 is 46.4 Å². The number of carbonyl (C=O) groups is 2. The zero-order valence-electron chi connectivity index (χ0n) is 16.0. The molecule has 0 bridgehead atoms. The molecule has 0 heterocycles. The van der Waals surface area contributed by atoms with Crippen molar-refractivity contribution in [2.75, 3.05) is 0 Å². The molecule has 0 atom stereocenters. The van der Waals surface area contributed by atoms with Crippen LogP contribution in [0.1, 0.15) is 31.8 Å². The smallest absolute Gasteiger partial charge is 0.202 e. The summed E-state index contributed by atoms with van der Waals surface area (Å²) in [4.78, 5) is 26.7. The summed E-state index contributed by atoms with van der Waals surface area (Å²) in [5.74, 6) is -2.58. The van der Waals surface area contributed by atoms with E-state index in [-0.39, 0.29) is 37.5 Å². The van der Waals surface area contributed by atoms with Gasteiger partial charge < -0.3 is 10.2 Å². The lowest BCUT2D eigenvalue weighted by molar-refractivity contribution is 0.103. The van der Waals surface area contributed by atoms with Crippen molar-refractivity contribution in [1.29, 1.82) is 0 Å². The van der Waals surface area contributed by atoms with Crippen LogP contribution in [-0.4, -0.2) is 21.8 Å². The number of benzene rings is 4. The van der Waals surface area contributed by atoms with E-state index in [2.05, 4.69) is 0 Å². The monoisotopic (exact) mass is 504 g/mol. The highest BCUT2D eigenvalue weighted by Gasteiger charge is 2.29. The molecule has 4 nitrogen and oxygen atoms in total. The van der Waals surface area contributed by atoms with Gasteiger partial charge in [-0.25, -0.2) is 0 Å². The van der Waals surface area contributed by atoms with Gasteiger partial charge in [0.05, 0.1) is 15.6 Å². The zero-order valence-corrected chi connectivity index (χ0v) is 19.0. The lowest BCUT2D eigenvalue weighted by atomic mass is 9.90. The van der Waals surface area contributed by atoms with Crippen molar-refractivity contribution in [3.63, 3.8) is 0 Å². The first-order valence-corrected chi connectivity index (χ1v) is 10.7. The molecule has 2 N–H and O–H groups in total. The van der Waals surface area contributed by atoms with E-state index in [4.69, 9.17) is 46.4 Å². The molecule has 160 valence electrons. The van der Waals surface area contributed by atoms with Crippen molar-refractivity contribution < 1.29 is 19.8 Å². The highest BCUT2D eigenvalue weighted by molar-refractivity contribution is 6.39. The molecule has 8 heteroatoms. The van der Waals surface area contributed by atoms with Gasteiger partial charge in [0.1, 0.15) is 17.1 Å². The quantitative estimate of drug-likeness (QED) is 0.285.